The molecule has 8 heteroatoms. The van der Waals surface area contributed by atoms with Crippen LogP contribution in [0, 0.1) is 12.3 Å². The Morgan fingerprint density at radius 3 is 2.65 bits per heavy atom. The Morgan fingerprint density at radius 1 is 1.04 bits per heavy atom. The van der Waals surface area contributed by atoms with E-state index in [1.54, 1.807) is 23.0 Å². The van der Waals surface area contributed by atoms with Gasteiger partial charge in [0.05, 0.1) is 22.1 Å². The number of benzene rings is 1. The second-order valence-electron chi connectivity index (χ2n) is 6.05. The first-order valence-corrected chi connectivity index (χ1v) is 8.32. The third-order valence-corrected chi connectivity index (χ3v) is 4.72. The fourth-order valence-electron chi connectivity index (χ4n) is 3.08. The zero-order valence-corrected chi connectivity index (χ0v) is 14.4. The highest BCUT2D eigenvalue weighted by atomic mass is 35.5. The number of aryl methyl sites for hydroxylation is 1. The molecule has 0 spiro atoms. The summed E-state index contributed by atoms with van der Waals surface area (Å²) in [6.45, 7) is 2.01. The standard InChI is InChI=1S/C18H12ClN7/c1-10-2-4-11(5-3-10)17(20)26-18-13(8-23-26)16-12(7-21-18)14(19)6-15-22-9-24-25(15)16/h2-9,20H,1H3. The quantitative estimate of drug-likeness (QED) is 0.366. The Bertz CT molecular complexity index is 1310. The van der Waals surface area contributed by atoms with Crippen molar-refractivity contribution >= 4 is 45.0 Å². The average molecular weight is 362 g/mol. The summed E-state index contributed by atoms with van der Waals surface area (Å²) in [4.78, 5) is 8.71. The van der Waals surface area contributed by atoms with Gasteiger partial charge in [-0.15, -0.1) is 0 Å². The molecule has 0 saturated carbocycles. The molecule has 4 aromatic heterocycles. The van der Waals surface area contributed by atoms with Crippen LogP contribution >= 0.6 is 11.6 Å². The summed E-state index contributed by atoms with van der Waals surface area (Å²) >= 11 is 6.38. The smallest absolute Gasteiger partial charge is 0.166 e. The summed E-state index contributed by atoms with van der Waals surface area (Å²) in [5, 5.41) is 19.3. The fraction of sp³-hybridized carbons (Fsp3) is 0.0556. The van der Waals surface area contributed by atoms with Crippen LogP contribution < -0.4 is 0 Å². The van der Waals surface area contributed by atoms with E-state index in [0.29, 0.717) is 16.3 Å². The molecular weight excluding hydrogens is 350 g/mol. The number of pyridine rings is 2. The van der Waals surface area contributed by atoms with Crippen LogP contribution in [0.5, 0.6) is 0 Å². The number of nitrogens with one attached hydrogen (secondary N) is 1. The van der Waals surface area contributed by atoms with E-state index in [-0.39, 0.29) is 5.84 Å². The number of halogens is 1. The molecule has 26 heavy (non-hydrogen) atoms. The molecule has 0 bridgehead atoms. The summed E-state index contributed by atoms with van der Waals surface area (Å²) in [7, 11) is 0. The molecule has 5 aromatic rings. The number of aromatic nitrogens is 6. The largest absolute Gasteiger partial charge is 0.282 e. The van der Waals surface area contributed by atoms with E-state index < -0.39 is 0 Å². The average Bonchev–Trinajstić information content (AvgIpc) is 3.28. The van der Waals surface area contributed by atoms with E-state index in [1.807, 2.05) is 31.2 Å². The van der Waals surface area contributed by atoms with Crippen molar-refractivity contribution in [3.05, 3.63) is 65.2 Å². The second kappa shape index (κ2) is 5.34. The Labute approximate surface area is 152 Å². The minimum Gasteiger partial charge on any atom is -0.282 e. The lowest BCUT2D eigenvalue weighted by atomic mass is 10.1. The van der Waals surface area contributed by atoms with Crippen molar-refractivity contribution in [2.75, 3.05) is 0 Å². The molecule has 0 saturated heterocycles. The van der Waals surface area contributed by atoms with Gasteiger partial charge in [0.25, 0.3) is 0 Å². The van der Waals surface area contributed by atoms with Crippen molar-refractivity contribution in [1.82, 2.24) is 29.4 Å². The van der Waals surface area contributed by atoms with Gasteiger partial charge in [0.15, 0.2) is 17.1 Å². The predicted octanol–water partition coefficient (Wildman–Crippen LogP) is 3.46. The van der Waals surface area contributed by atoms with Crippen LogP contribution in [0.25, 0.3) is 27.6 Å². The van der Waals surface area contributed by atoms with Crippen LogP contribution in [0.4, 0.5) is 0 Å². The van der Waals surface area contributed by atoms with E-state index in [0.717, 1.165) is 27.4 Å². The number of nitrogens with zero attached hydrogens (tertiary/aromatic N) is 6. The van der Waals surface area contributed by atoms with Crippen LogP contribution in [0.1, 0.15) is 11.1 Å². The molecule has 0 aliphatic rings. The zero-order chi connectivity index (χ0) is 17.8. The maximum atomic E-state index is 8.52. The normalized spacial score (nSPS) is 11.6. The molecule has 4 heterocycles. The number of hydrogen-bond acceptors (Lipinski definition) is 5. The monoisotopic (exact) mass is 361 g/mol. The van der Waals surface area contributed by atoms with Crippen molar-refractivity contribution in [3.8, 4) is 0 Å². The first kappa shape index (κ1) is 15.0. The van der Waals surface area contributed by atoms with Gasteiger partial charge in [-0.3, -0.25) is 5.41 Å². The van der Waals surface area contributed by atoms with E-state index in [1.165, 1.54) is 11.0 Å². The zero-order valence-electron chi connectivity index (χ0n) is 13.7. The van der Waals surface area contributed by atoms with Crippen LogP contribution in [-0.2, 0) is 0 Å². The van der Waals surface area contributed by atoms with E-state index in [2.05, 4.69) is 20.2 Å². The van der Waals surface area contributed by atoms with Crippen LogP contribution in [0.2, 0.25) is 5.02 Å². The minimum absolute atomic E-state index is 0.253. The van der Waals surface area contributed by atoms with Gasteiger partial charge >= 0.3 is 0 Å². The summed E-state index contributed by atoms with van der Waals surface area (Å²) < 4.78 is 3.23. The van der Waals surface area contributed by atoms with Crippen molar-refractivity contribution in [3.63, 3.8) is 0 Å². The van der Waals surface area contributed by atoms with Crippen molar-refractivity contribution in [2.45, 2.75) is 6.92 Å². The maximum absolute atomic E-state index is 8.52. The van der Waals surface area contributed by atoms with E-state index >= 15 is 0 Å². The maximum Gasteiger partial charge on any atom is 0.166 e. The first-order chi connectivity index (χ1) is 12.6. The molecule has 0 fully saturated rings. The second-order valence-corrected chi connectivity index (χ2v) is 6.46. The lowest BCUT2D eigenvalue weighted by Crippen LogP contribution is -2.14. The number of rotatable bonds is 1. The molecule has 1 aromatic carbocycles. The third-order valence-electron chi connectivity index (χ3n) is 4.41. The van der Waals surface area contributed by atoms with Gasteiger partial charge in [0, 0.05) is 23.2 Å². The highest BCUT2D eigenvalue weighted by Crippen LogP contribution is 2.29. The SMILES string of the molecule is Cc1ccc(C(=N)n2ncc3c2ncc2c(Cl)cc4ncnn4c23)cc1. The molecule has 0 unspecified atom stereocenters. The lowest BCUT2D eigenvalue weighted by Gasteiger charge is -2.07. The molecule has 1 N–H and O–H groups in total. The lowest BCUT2D eigenvalue weighted by molar-refractivity contribution is 0.940. The Morgan fingerprint density at radius 2 is 1.85 bits per heavy atom. The van der Waals surface area contributed by atoms with Crippen LogP contribution in [-0.4, -0.2) is 35.2 Å². The van der Waals surface area contributed by atoms with Crippen molar-refractivity contribution in [2.24, 2.45) is 0 Å². The van der Waals surface area contributed by atoms with Gasteiger partial charge < -0.3 is 0 Å². The Kier molecular flexibility index (Phi) is 3.07. The van der Waals surface area contributed by atoms with Crippen molar-refractivity contribution < 1.29 is 0 Å². The third kappa shape index (κ3) is 2.04. The summed E-state index contributed by atoms with van der Waals surface area (Å²) in [5.41, 5.74) is 3.90. The van der Waals surface area contributed by atoms with Gasteiger partial charge in [-0.1, -0.05) is 41.4 Å². The summed E-state index contributed by atoms with van der Waals surface area (Å²) in [6.07, 6.45) is 4.85. The first-order valence-electron chi connectivity index (χ1n) is 7.94. The van der Waals surface area contributed by atoms with Crippen molar-refractivity contribution in [1.29, 1.82) is 5.41 Å². The van der Waals surface area contributed by atoms with E-state index in [4.69, 9.17) is 17.0 Å². The molecule has 7 nitrogen and oxygen atoms in total. The van der Waals surface area contributed by atoms with E-state index in [9.17, 15) is 0 Å². The number of fused-ring (bicyclic) bond motifs is 5. The Balaban J connectivity index is 1.80. The van der Waals surface area contributed by atoms with Gasteiger partial charge in [0.2, 0.25) is 0 Å². The van der Waals surface area contributed by atoms with Gasteiger partial charge in [0.1, 0.15) is 6.33 Å². The molecule has 0 atom stereocenters. The molecule has 0 amide bonds. The van der Waals surface area contributed by atoms with Gasteiger partial charge in [-0.2, -0.15) is 14.9 Å². The minimum atomic E-state index is 0.253. The summed E-state index contributed by atoms with van der Waals surface area (Å²) in [6, 6.07) is 9.49. The molecule has 5 rings (SSSR count). The van der Waals surface area contributed by atoms with Gasteiger partial charge in [-0.05, 0) is 6.92 Å². The molecule has 0 aliphatic carbocycles. The molecule has 0 radical (unpaired) electrons. The Hall–Kier alpha value is -3.32. The highest BCUT2D eigenvalue weighted by molar-refractivity contribution is 6.36. The number of hydrogen-bond donors (Lipinski definition) is 1. The highest BCUT2D eigenvalue weighted by Gasteiger charge is 2.17. The van der Waals surface area contributed by atoms with Crippen LogP contribution in [0.3, 0.4) is 0 Å². The molecule has 0 aliphatic heterocycles. The molecular formula is C18H12ClN7. The summed E-state index contributed by atoms with van der Waals surface area (Å²) in [5.74, 6) is 0.253. The van der Waals surface area contributed by atoms with Gasteiger partial charge in [-0.25, -0.2) is 14.5 Å². The molecule has 126 valence electrons. The fourth-order valence-corrected chi connectivity index (χ4v) is 3.31. The topological polar surface area (TPSA) is 84.8 Å². The van der Waals surface area contributed by atoms with Crippen LogP contribution in [0.15, 0.2) is 49.1 Å². The predicted molar refractivity (Wildman–Crippen MR) is 100.0 cm³/mol.